The SMILES string of the molecule is CC(C)(C)OC(=O)[C@@H]1CCCN1C(=O)c1ccc(OCC23CC4CC(CC(C4)C2)C3)c(C(F)(F)F)c1. The van der Waals surface area contributed by atoms with E-state index in [-0.39, 0.29) is 16.7 Å². The molecule has 1 aromatic carbocycles. The first-order chi connectivity index (χ1) is 16.8. The third-order valence-electron chi connectivity index (χ3n) is 8.42. The Kier molecular flexibility index (Phi) is 6.31. The van der Waals surface area contributed by atoms with Gasteiger partial charge in [-0.3, -0.25) is 4.79 Å². The number of hydrogen-bond acceptors (Lipinski definition) is 4. The number of carbonyl (C=O) groups excluding carboxylic acids is 2. The minimum Gasteiger partial charge on any atom is -0.492 e. The molecule has 4 aliphatic carbocycles. The van der Waals surface area contributed by atoms with Gasteiger partial charge in [-0.2, -0.15) is 13.2 Å². The molecule has 4 bridgehead atoms. The first-order valence-electron chi connectivity index (χ1n) is 13.2. The molecule has 5 nitrogen and oxygen atoms in total. The highest BCUT2D eigenvalue weighted by molar-refractivity contribution is 5.97. The maximum absolute atomic E-state index is 14.1. The zero-order valence-corrected chi connectivity index (χ0v) is 21.3. The summed E-state index contributed by atoms with van der Waals surface area (Å²) in [5, 5.41) is 0. The van der Waals surface area contributed by atoms with Gasteiger partial charge in [0.2, 0.25) is 0 Å². The summed E-state index contributed by atoms with van der Waals surface area (Å²) in [5.74, 6) is 0.697. The fraction of sp³-hybridized carbons (Fsp3) is 0.714. The summed E-state index contributed by atoms with van der Waals surface area (Å²) in [7, 11) is 0. The maximum Gasteiger partial charge on any atom is 0.419 e. The van der Waals surface area contributed by atoms with Crippen molar-refractivity contribution in [3.63, 3.8) is 0 Å². The fourth-order valence-corrected chi connectivity index (χ4v) is 7.50. The van der Waals surface area contributed by atoms with Crippen molar-refractivity contribution in [3.8, 4) is 5.75 Å². The number of carbonyl (C=O) groups is 2. The molecule has 8 heteroatoms. The summed E-state index contributed by atoms with van der Waals surface area (Å²) in [5.41, 5.74) is -1.78. The van der Waals surface area contributed by atoms with Crippen molar-refractivity contribution in [2.75, 3.05) is 13.2 Å². The van der Waals surface area contributed by atoms with E-state index in [0.717, 1.165) is 25.3 Å². The van der Waals surface area contributed by atoms with E-state index in [2.05, 4.69) is 0 Å². The largest absolute Gasteiger partial charge is 0.492 e. The number of halogens is 3. The minimum atomic E-state index is -4.66. The Hall–Kier alpha value is -2.25. The molecule has 1 atom stereocenters. The van der Waals surface area contributed by atoms with Crippen LogP contribution in [0.25, 0.3) is 0 Å². The van der Waals surface area contributed by atoms with Gasteiger partial charge in [0.05, 0.1) is 12.2 Å². The van der Waals surface area contributed by atoms with E-state index >= 15 is 0 Å². The van der Waals surface area contributed by atoms with Crippen molar-refractivity contribution in [3.05, 3.63) is 29.3 Å². The summed E-state index contributed by atoms with van der Waals surface area (Å²) in [6.45, 7) is 5.81. The lowest BCUT2D eigenvalue weighted by molar-refractivity contribution is -0.159. The van der Waals surface area contributed by atoms with Gasteiger partial charge < -0.3 is 14.4 Å². The molecule has 1 aromatic rings. The smallest absolute Gasteiger partial charge is 0.419 e. The molecular weight excluding hydrogens is 471 g/mol. The molecule has 4 saturated carbocycles. The van der Waals surface area contributed by atoms with Crippen LogP contribution in [-0.4, -0.2) is 41.6 Å². The molecule has 5 fully saturated rings. The zero-order chi connectivity index (χ0) is 25.9. The van der Waals surface area contributed by atoms with E-state index in [9.17, 15) is 22.8 Å². The van der Waals surface area contributed by atoms with E-state index in [1.807, 2.05) is 0 Å². The predicted octanol–water partition coefficient (Wildman–Crippen LogP) is 6.25. The fourth-order valence-electron chi connectivity index (χ4n) is 7.50. The first-order valence-corrected chi connectivity index (χ1v) is 13.2. The Morgan fingerprint density at radius 1 is 1.03 bits per heavy atom. The lowest BCUT2D eigenvalue weighted by Gasteiger charge is -2.56. The van der Waals surface area contributed by atoms with Crippen LogP contribution < -0.4 is 4.74 Å². The van der Waals surface area contributed by atoms with Crippen molar-refractivity contribution in [2.24, 2.45) is 23.2 Å². The third-order valence-corrected chi connectivity index (χ3v) is 8.42. The number of rotatable bonds is 5. The van der Waals surface area contributed by atoms with Gasteiger partial charge in [-0.15, -0.1) is 0 Å². The summed E-state index contributed by atoms with van der Waals surface area (Å²) in [6, 6.07) is 2.74. The number of benzene rings is 1. The average molecular weight is 508 g/mol. The van der Waals surface area contributed by atoms with E-state index in [1.165, 1.54) is 36.3 Å². The van der Waals surface area contributed by atoms with Crippen LogP contribution in [0.5, 0.6) is 5.75 Å². The topological polar surface area (TPSA) is 55.8 Å². The molecule has 6 rings (SSSR count). The number of amides is 1. The molecule has 0 unspecified atom stereocenters. The highest BCUT2D eigenvalue weighted by Gasteiger charge is 2.51. The molecule has 0 N–H and O–H groups in total. The molecule has 198 valence electrons. The normalized spacial score (nSPS) is 31.6. The third kappa shape index (κ3) is 5.10. The molecule has 36 heavy (non-hydrogen) atoms. The molecule has 0 radical (unpaired) electrons. The number of hydrogen-bond donors (Lipinski definition) is 0. The summed E-state index contributed by atoms with van der Waals surface area (Å²) in [6.07, 6.45) is 3.24. The maximum atomic E-state index is 14.1. The second-order valence-electron chi connectivity index (χ2n) is 12.6. The van der Waals surface area contributed by atoms with Crippen LogP contribution in [0.1, 0.15) is 88.1 Å². The lowest BCUT2D eigenvalue weighted by Crippen LogP contribution is -2.48. The minimum absolute atomic E-state index is 0.0255. The number of likely N-dealkylation sites (tertiary alicyclic amines) is 1. The van der Waals surface area contributed by atoms with Crippen LogP contribution in [0, 0.1) is 23.2 Å². The van der Waals surface area contributed by atoms with Crippen molar-refractivity contribution in [1.82, 2.24) is 4.90 Å². The van der Waals surface area contributed by atoms with Gasteiger partial charge in [0, 0.05) is 17.5 Å². The van der Waals surface area contributed by atoms with E-state index in [4.69, 9.17) is 9.47 Å². The summed E-state index contributed by atoms with van der Waals surface area (Å²) >= 11 is 0. The molecule has 1 heterocycles. The van der Waals surface area contributed by atoms with Crippen LogP contribution in [0.15, 0.2) is 18.2 Å². The van der Waals surface area contributed by atoms with Crippen molar-refractivity contribution >= 4 is 11.9 Å². The Morgan fingerprint density at radius 3 is 2.19 bits per heavy atom. The average Bonchev–Trinajstić information content (AvgIpc) is 3.25. The van der Waals surface area contributed by atoms with E-state index < -0.39 is 35.3 Å². The van der Waals surface area contributed by atoms with Crippen LogP contribution in [0.4, 0.5) is 13.2 Å². The number of esters is 1. The Balaban J connectivity index is 1.33. The predicted molar refractivity (Wildman–Crippen MR) is 127 cm³/mol. The summed E-state index contributed by atoms with van der Waals surface area (Å²) in [4.78, 5) is 27.2. The van der Waals surface area contributed by atoms with Crippen LogP contribution in [0.3, 0.4) is 0 Å². The lowest BCUT2D eigenvalue weighted by atomic mass is 9.50. The zero-order valence-electron chi connectivity index (χ0n) is 21.3. The highest BCUT2D eigenvalue weighted by atomic mass is 19.4. The second kappa shape index (κ2) is 8.95. The standard InChI is InChI=1S/C28H36F3NO4/c1-26(2,3)36-25(34)22-5-4-8-32(22)24(33)20-6-7-23(21(12-20)28(29,30)31)35-16-27-13-17-9-18(14-27)11-19(10-17)15-27/h6-7,12,17-19,22H,4-5,8-11,13-16H2,1-3H3/t17?,18?,19?,22-,27?/m0/s1. The van der Waals surface area contributed by atoms with Gasteiger partial charge >= 0.3 is 12.1 Å². The quantitative estimate of drug-likeness (QED) is 0.442. The van der Waals surface area contributed by atoms with Gasteiger partial charge in [0.25, 0.3) is 5.91 Å². The Labute approximate surface area is 210 Å². The monoisotopic (exact) mass is 507 g/mol. The van der Waals surface area contributed by atoms with Crippen molar-refractivity contribution in [1.29, 1.82) is 0 Å². The van der Waals surface area contributed by atoms with Gasteiger partial charge in [0.1, 0.15) is 17.4 Å². The van der Waals surface area contributed by atoms with Gasteiger partial charge in [0.15, 0.2) is 0 Å². The Morgan fingerprint density at radius 2 is 1.64 bits per heavy atom. The molecule has 1 saturated heterocycles. The number of ether oxygens (including phenoxy) is 2. The van der Waals surface area contributed by atoms with Crippen molar-refractivity contribution < 1.29 is 32.2 Å². The van der Waals surface area contributed by atoms with Gasteiger partial charge in [-0.25, -0.2) is 4.79 Å². The van der Waals surface area contributed by atoms with Crippen LogP contribution in [0.2, 0.25) is 0 Å². The molecule has 0 spiro atoms. The molecular formula is C28H36F3NO4. The number of alkyl halides is 3. The first kappa shape index (κ1) is 25.4. The Bertz CT molecular complexity index is 993. The van der Waals surface area contributed by atoms with Gasteiger partial charge in [-0.1, -0.05) is 0 Å². The van der Waals surface area contributed by atoms with Crippen LogP contribution >= 0.6 is 0 Å². The van der Waals surface area contributed by atoms with E-state index in [1.54, 1.807) is 20.8 Å². The highest BCUT2D eigenvalue weighted by Crippen LogP contribution is 2.60. The molecule has 1 amide bonds. The molecule has 5 aliphatic rings. The van der Waals surface area contributed by atoms with E-state index in [0.29, 0.717) is 43.7 Å². The second-order valence-corrected chi connectivity index (χ2v) is 12.6. The molecule has 1 aliphatic heterocycles. The molecule has 0 aromatic heterocycles. The van der Waals surface area contributed by atoms with Crippen molar-refractivity contribution in [2.45, 2.75) is 90.0 Å². The van der Waals surface area contributed by atoms with Crippen LogP contribution in [-0.2, 0) is 15.7 Å². The van der Waals surface area contributed by atoms with Gasteiger partial charge in [-0.05, 0) is 108 Å². The number of nitrogens with zero attached hydrogens (tertiary/aromatic N) is 1. The summed E-state index contributed by atoms with van der Waals surface area (Å²) < 4.78 is 53.5.